The molecule has 0 aliphatic rings. The number of aromatic nitrogens is 1. The molecule has 2 N–H and O–H groups in total. The molecule has 0 radical (unpaired) electrons. The number of amides is 2. The molecule has 2 amide bonds. The van der Waals surface area contributed by atoms with Gasteiger partial charge in [-0.25, -0.2) is 4.98 Å². The molecular formula is C15H14BrN3O2. The summed E-state index contributed by atoms with van der Waals surface area (Å²) in [6, 6.07) is 8.46. The van der Waals surface area contributed by atoms with E-state index in [4.69, 9.17) is 0 Å². The molecular weight excluding hydrogens is 334 g/mol. The van der Waals surface area contributed by atoms with Crippen molar-refractivity contribution < 1.29 is 9.59 Å². The normalized spacial score (nSPS) is 10.0. The third-order valence-electron chi connectivity index (χ3n) is 3.04. The molecule has 1 aromatic carbocycles. The summed E-state index contributed by atoms with van der Waals surface area (Å²) in [7, 11) is 1.57. The molecule has 6 heteroatoms. The zero-order valence-electron chi connectivity index (χ0n) is 11.6. The zero-order chi connectivity index (χ0) is 15.4. The predicted octanol–water partition coefficient (Wildman–Crippen LogP) is 2.76. The summed E-state index contributed by atoms with van der Waals surface area (Å²) < 4.78 is 0.589. The van der Waals surface area contributed by atoms with E-state index in [0.29, 0.717) is 21.4 Å². The number of carbonyl (C=O) groups excluding carboxylic acids is 2. The number of nitrogens with zero attached hydrogens (tertiary/aromatic N) is 1. The van der Waals surface area contributed by atoms with Crippen molar-refractivity contribution in [3.8, 4) is 0 Å². The lowest BCUT2D eigenvalue weighted by Crippen LogP contribution is -2.20. The Morgan fingerprint density at radius 1 is 1.19 bits per heavy atom. The standard InChI is InChI=1S/C15H14BrN3O2/c1-9-11(15(21)17-2)4-3-5-12(9)19-14(20)10-6-7-18-13(16)8-10/h3-8H,1-2H3,(H,17,21)(H,19,20). The van der Waals surface area contributed by atoms with E-state index < -0.39 is 0 Å². The summed E-state index contributed by atoms with van der Waals surface area (Å²) in [5.74, 6) is -0.439. The van der Waals surface area contributed by atoms with E-state index in [1.807, 2.05) is 0 Å². The fourth-order valence-corrected chi connectivity index (χ4v) is 2.25. The lowest BCUT2D eigenvalue weighted by molar-refractivity contribution is 0.0960. The van der Waals surface area contributed by atoms with Crippen LogP contribution in [0.5, 0.6) is 0 Å². The van der Waals surface area contributed by atoms with Crippen LogP contribution in [-0.2, 0) is 0 Å². The minimum atomic E-state index is -0.254. The minimum absolute atomic E-state index is 0.185. The Morgan fingerprint density at radius 3 is 2.62 bits per heavy atom. The van der Waals surface area contributed by atoms with E-state index in [1.165, 1.54) is 0 Å². The average molecular weight is 348 g/mol. The van der Waals surface area contributed by atoms with Crippen LogP contribution in [0.25, 0.3) is 0 Å². The number of anilines is 1. The third-order valence-corrected chi connectivity index (χ3v) is 3.48. The molecule has 0 aliphatic carbocycles. The van der Waals surface area contributed by atoms with Crippen molar-refractivity contribution >= 4 is 33.4 Å². The fraction of sp³-hybridized carbons (Fsp3) is 0.133. The first-order valence-corrected chi connectivity index (χ1v) is 7.07. The van der Waals surface area contributed by atoms with Gasteiger partial charge in [-0.2, -0.15) is 0 Å². The average Bonchev–Trinajstić information content (AvgIpc) is 2.48. The molecule has 108 valence electrons. The molecule has 0 fully saturated rings. The van der Waals surface area contributed by atoms with Crippen molar-refractivity contribution in [2.75, 3.05) is 12.4 Å². The van der Waals surface area contributed by atoms with Gasteiger partial charge in [0.25, 0.3) is 11.8 Å². The van der Waals surface area contributed by atoms with Gasteiger partial charge < -0.3 is 10.6 Å². The lowest BCUT2D eigenvalue weighted by Gasteiger charge is -2.11. The van der Waals surface area contributed by atoms with E-state index in [9.17, 15) is 9.59 Å². The van der Waals surface area contributed by atoms with Gasteiger partial charge in [-0.1, -0.05) is 6.07 Å². The quantitative estimate of drug-likeness (QED) is 0.838. The van der Waals surface area contributed by atoms with Crippen LogP contribution in [0.2, 0.25) is 0 Å². The Hall–Kier alpha value is -2.21. The molecule has 0 saturated carbocycles. The molecule has 0 spiro atoms. The maximum atomic E-state index is 12.2. The first-order chi connectivity index (χ1) is 10.0. The number of rotatable bonds is 3. The highest BCUT2D eigenvalue weighted by atomic mass is 79.9. The number of hydrogen-bond acceptors (Lipinski definition) is 3. The van der Waals surface area contributed by atoms with Crippen LogP contribution in [-0.4, -0.2) is 23.8 Å². The van der Waals surface area contributed by atoms with Gasteiger partial charge in [-0.15, -0.1) is 0 Å². The fourth-order valence-electron chi connectivity index (χ4n) is 1.89. The number of nitrogens with one attached hydrogen (secondary N) is 2. The molecule has 0 saturated heterocycles. The molecule has 21 heavy (non-hydrogen) atoms. The van der Waals surface area contributed by atoms with E-state index >= 15 is 0 Å². The maximum absolute atomic E-state index is 12.2. The van der Waals surface area contributed by atoms with Gasteiger partial charge in [-0.3, -0.25) is 9.59 Å². The zero-order valence-corrected chi connectivity index (χ0v) is 13.2. The van der Waals surface area contributed by atoms with E-state index in [0.717, 1.165) is 5.56 Å². The van der Waals surface area contributed by atoms with Crippen molar-refractivity contribution in [1.29, 1.82) is 0 Å². The molecule has 0 atom stereocenters. The van der Waals surface area contributed by atoms with Crippen molar-refractivity contribution in [3.63, 3.8) is 0 Å². The Balaban J connectivity index is 2.28. The van der Waals surface area contributed by atoms with Crippen LogP contribution in [0.4, 0.5) is 5.69 Å². The Bertz CT molecular complexity index is 701. The Kier molecular flexibility index (Phi) is 4.70. The number of hydrogen-bond donors (Lipinski definition) is 2. The van der Waals surface area contributed by atoms with Crippen LogP contribution < -0.4 is 10.6 Å². The molecule has 1 aromatic heterocycles. The van der Waals surface area contributed by atoms with Crippen LogP contribution in [0.15, 0.2) is 41.1 Å². The first kappa shape index (κ1) is 15.2. The van der Waals surface area contributed by atoms with Gasteiger partial charge in [0.2, 0.25) is 0 Å². The van der Waals surface area contributed by atoms with Crippen molar-refractivity contribution in [2.24, 2.45) is 0 Å². The highest BCUT2D eigenvalue weighted by Crippen LogP contribution is 2.20. The minimum Gasteiger partial charge on any atom is -0.355 e. The molecule has 0 bridgehead atoms. The summed E-state index contributed by atoms with van der Waals surface area (Å²) in [4.78, 5) is 27.9. The third kappa shape index (κ3) is 3.46. The number of pyridine rings is 1. The van der Waals surface area contributed by atoms with Crippen molar-refractivity contribution in [3.05, 3.63) is 57.8 Å². The largest absolute Gasteiger partial charge is 0.355 e. The Morgan fingerprint density at radius 2 is 1.95 bits per heavy atom. The van der Waals surface area contributed by atoms with Crippen LogP contribution in [0.1, 0.15) is 26.3 Å². The van der Waals surface area contributed by atoms with Crippen molar-refractivity contribution in [1.82, 2.24) is 10.3 Å². The molecule has 5 nitrogen and oxygen atoms in total. The van der Waals surface area contributed by atoms with Gasteiger partial charge in [0.05, 0.1) is 0 Å². The molecule has 0 unspecified atom stereocenters. The molecule has 2 rings (SSSR count). The highest BCUT2D eigenvalue weighted by Gasteiger charge is 2.13. The predicted molar refractivity (Wildman–Crippen MR) is 84.5 cm³/mol. The van der Waals surface area contributed by atoms with Crippen LogP contribution in [0, 0.1) is 6.92 Å². The topological polar surface area (TPSA) is 71.1 Å². The smallest absolute Gasteiger partial charge is 0.255 e. The van der Waals surface area contributed by atoms with E-state index in [2.05, 4.69) is 31.5 Å². The monoisotopic (exact) mass is 347 g/mol. The summed E-state index contributed by atoms with van der Waals surface area (Å²) in [6.07, 6.45) is 1.55. The maximum Gasteiger partial charge on any atom is 0.255 e. The highest BCUT2D eigenvalue weighted by molar-refractivity contribution is 9.10. The van der Waals surface area contributed by atoms with Gasteiger partial charge in [0.1, 0.15) is 4.60 Å². The Labute approximate surface area is 130 Å². The number of benzene rings is 1. The molecule has 0 aliphatic heterocycles. The second kappa shape index (κ2) is 6.49. The van der Waals surface area contributed by atoms with Gasteiger partial charge in [0, 0.05) is 30.1 Å². The van der Waals surface area contributed by atoms with Gasteiger partial charge >= 0.3 is 0 Å². The second-order valence-corrected chi connectivity index (χ2v) is 5.19. The van der Waals surface area contributed by atoms with E-state index in [1.54, 1.807) is 50.5 Å². The summed E-state index contributed by atoms with van der Waals surface area (Å²) in [6.45, 7) is 1.79. The van der Waals surface area contributed by atoms with Crippen molar-refractivity contribution in [2.45, 2.75) is 6.92 Å². The summed E-state index contributed by atoms with van der Waals surface area (Å²) in [5, 5.41) is 5.38. The molecule has 2 aromatic rings. The molecule has 1 heterocycles. The lowest BCUT2D eigenvalue weighted by atomic mass is 10.1. The summed E-state index contributed by atoms with van der Waals surface area (Å²) >= 11 is 3.23. The van der Waals surface area contributed by atoms with Gasteiger partial charge in [-0.05, 0) is 52.7 Å². The van der Waals surface area contributed by atoms with Crippen LogP contribution >= 0.6 is 15.9 Å². The number of carbonyl (C=O) groups is 2. The number of halogens is 1. The first-order valence-electron chi connectivity index (χ1n) is 6.27. The van der Waals surface area contributed by atoms with Crippen LogP contribution in [0.3, 0.4) is 0 Å². The second-order valence-electron chi connectivity index (χ2n) is 4.38. The summed E-state index contributed by atoms with van der Waals surface area (Å²) in [5.41, 5.74) is 2.35. The van der Waals surface area contributed by atoms with E-state index in [-0.39, 0.29) is 11.8 Å². The van der Waals surface area contributed by atoms with Gasteiger partial charge in [0.15, 0.2) is 0 Å². The SMILES string of the molecule is CNC(=O)c1cccc(NC(=O)c2ccnc(Br)c2)c1C.